The highest BCUT2D eigenvalue weighted by molar-refractivity contribution is 9.10. The van der Waals surface area contributed by atoms with Crippen molar-refractivity contribution in [2.45, 2.75) is 18.9 Å². The molecule has 4 nitrogen and oxygen atoms in total. The molecule has 0 amide bonds. The summed E-state index contributed by atoms with van der Waals surface area (Å²) in [6.45, 7) is 0. The molecule has 0 aromatic carbocycles. The van der Waals surface area contributed by atoms with E-state index in [-0.39, 0.29) is 5.69 Å². The number of halogens is 1. The summed E-state index contributed by atoms with van der Waals surface area (Å²) < 4.78 is 2.70. The van der Waals surface area contributed by atoms with Crippen LogP contribution in [0.2, 0.25) is 0 Å². The fourth-order valence-corrected chi connectivity index (χ4v) is 2.25. The summed E-state index contributed by atoms with van der Waals surface area (Å²) in [4.78, 5) is 18.5. The van der Waals surface area contributed by atoms with Crippen molar-refractivity contribution in [3.8, 4) is 0 Å². The smallest absolute Gasteiger partial charge is 0.304 e. The molecule has 5 heteroatoms. The van der Waals surface area contributed by atoms with Gasteiger partial charge in [0.25, 0.3) is 0 Å². The topological polar surface area (TPSA) is 50.7 Å². The van der Waals surface area contributed by atoms with Crippen LogP contribution >= 0.6 is 15.9 Å². The quantitative estimate of drug-likeness (QED) is 0.843. The van der Waals surface area contributed by atoms with Gasteiger partial charge in [0.15, 0.2) is 0 Å². The van der Waals surface area contributed by atoms with Gasteiger partial charge < -0.3 is 4.98 Å². The van der Waals surface area contributed by atoms with Crippen LogP contribution in [0.1, 0.15) is 18.9 Å². The summed E-state index contributed by atoms with van der Waals surface area (Å²) >= 11 is 3.41. The number of nitrogens with zero attached hydrogens (tertiary/aromatic N) is 2. The molecule has 0 aliphatic heterocycles. The number of pyridine rings is 1. The van der Waals surface area contributed by atoms with Crippen LogP contribution in [-0.2, 0) is 0 Å². The first kappa shape index (κ1) is 8.23. The Morgan fingerprint density at radius 3 is 3.00 bits per heavy atom. The lowest BCUT2D eigenvalue weighted by Crippen LogP contribution is -2.15. The Morgan fingerprint density at radius 1 is 1.50 bits per heavy atom. The van der Waals surface area contributed by atoms with E-state index >= 15 is 0 Å². The van der Waals surface area contributed by atoms with E-state index in [1.165, 1.54) is 0 Å². The van der Waals surface area contributed by atoms with Gasteiger partial charge in [0.1, 0.15) is 0 Å². The van der Waals surface area contributed by atoms with Crippen molar-refractivity contribution in [1.82, 2.24) is 14.5 Å². The molecule has 0 saturated heterocycles. The molecule has 72 valence electrons. The second kappa shape index (κ2) is 2.70. The summed E-state index contributed by atoms with van der Waals surface area (Å²) in [6.07, 6.45) is 5.60. The second-order valence-corrected chi connectivity index (χ2v) is 4.40. The molecule has 1 saturated carbocycles. The Morgan fingerprint density at radius 2 is 2.29 bits per heavy atom. The highest BCUT2D eigenvalue weighted by atomic mass is 79.9. The van der Waals surface area contributed by atoms with Crippen molar-refractivity contribution in [1.29, 1.82) is 0 Å². The number of hydrogen-bond acceptors (Lipinski definition) is 2. The number of aromatic nitrogens is 3. The number of H-pyrrole nitrogens is 1. The first-order valence-electron chi connectivity index (χ1n) is 4.51. The Kier molecular flexibility index (Phi) is 1.58. The van der Waals surface area contributed by atoms with Crippen LogP contribution in [-0.4, -0.2) is 14.5 Å². The molecule has 0 unspecified atom stereocenters. The first-order valence-corrected chi connectivity index (χ1v) is 5.30. The van der Waals surface area contributed by atoms with Crippen molar-refractivity contribution in [2.24, 2.45) is 0 Å². The van der Waals surface area contributed by atoms with Gasteiger partial charge in [0.05, 0.1) is 21.7 Å². The van der Waals surface area contributed by atoms with Gasteiger partial charge in [0.2, 0.25) is 0 Å². The number of hydrogen-bond donors (Lipinski definition) is 1. The van der Waals surface area contributed by atoms with Crippen molar-refractivity contribution in [3.05, 3.63) is 27.4 Å². The van der Waals surface area contributed by atoms with E-state index in [0.717, 1.165) is 28.3 Å². The van der Waals surface area contributed by atoms with Crippen LogP contribution in [0, 0.1) is 0 Å². The van der Waals surface area contributed by atoms with Crippen LogP contribution in [0.5, 0.6) is 0 Å². The van der Waals surface area contributed by atoms with Gasteiger partial charge in [-0.05, 0) is 28.8 Å². The fraction of sp³-hybridized carbons (Fsp3) is 0.333. The summed E-state index contributed by atoms with van der Waals surface area (Å²) in [6, 6.07) is 0.384. The Labute approximate surface area is 88.1 Å². The maximum absolute atomic E-state index is 11.6. The maximum atomic E-state index is 11.6. The summed E-state index contributed by atoms with van der Waals surface area (Å²) in [7, 11) is 0. The molecule has 0 radical (unpaired) electrons. The van der Waals surface area contributed by atoms with E-state index < -0.39 is 0 Å². The lowest BCUT2D eigenvalue weighted by molar-refractivity contribution is 0.732. The summed E-state index contributed by atoms with van der Waals surface area (Å²) in [5.74, 6) is 0. The largest absolute Gasteiger partial charge is 0.326 e. The van der Waals surface area contributed by atoms with Gasteiger partial charge in [-0.25, -0.2) is 4.79 Å². The Hall–Kier alpha value is -1.10. The van der Waals surface area contributed by atoms with Crippen LogP contribution in [0.25, 0.3) is 11.0 Å². The van der Waals surface area contributed by atoms with E-state index in [0.29, 0.717) is 6.04 Å². The summed E-state index contributed by atoms with van der Waals surface area (Å²) in [5, 5.41) is 0. The number of nitrogens with one attached hydrogen (secondary N) is 1. The average molecular weight is 254 g/mol. The predicted octanol–water partition coefficient (Wildman–Crippen LogP) is 1.82. The van der Waals surface area contributed by atoms with Gasteiger partial charge in [-0.2, -0.15) is 0 Å². The minimum absolute atomic E-state index is 0.0313. The van der Waals surface area contributed by atoms with Gasteiger partial charge in [0, 0.05) is 12.2 Å². The van der Waals surface area contributed by atoms with E-state index in [4.69, 9.17) is 0 Å². The lowest BCUT2D eigenvalue weighted by atomic mass is 10.4. The lowest BCUT2D eigenvalue weighted by Gasteiger charge is -2.00. The third-order valence-corrected chi connectivity index (χ3v) is 3.07. The van der Waals surface area contributed by atoms with Crippen LogP contribution in [0.3, 0.4) is 0 Å². The second-order valence-electron chi connectivity index (χ2n) is 3.55. The molecule has 3 rings (SSSR count). The predicted molar refractivity (Wildman–Crippen MR) is 56.3 cm³/mol. The molecule has 2 aromatic heterocycles. The van der Waals surface area contributed by atoms with Crippen molar-refractivity contribution < 1.29 is 0 Å². The van der Waals surface area contributed by atoms with Gasteiger partial charge in [-0.15, -0.1) is 0 Å². The van der Waals surface area contributed by atoms with Gasteiger partial charge >= 0.3 is 5.69 Å². The van der Waals surface area contributed by atoms with Crippen molar-refractivity contribution in [3.63, 3.8) is 0 Å². The van der Waals surface area contributed by atoms with Crippen LogP contribution < -0.4 is 5.69 Å². The zero-order valence-electron chi connectivity index (χ0n) is 7.33. The van der Waals surface area contributed by atoms with E-state index in [2.05, 4.69) is 25.9 Å². The SMILES string of the molecule is O=c1[nH]c2cncc(Br)c2n1C1CC1. The third-order valence-electron chi connectivity index (χ3n) is 2.49. The van der Waals surface area contributed by atoms with Crippen LogP contribution in [0.4, 0.5) is 0 Å². The zero-order chi connectivity index (χ0) is 9.71. The molecule has 1 N–H and O–H groups in total. The molecular weight excluding hydrogens is 246 g/mol. The van der Waals surface area contributed by atoms with Crippen molar-refractivity contribution >= 4 is 27.0 Å². The monoisotopic (exact) mass is 253 g/mol. The molecule has 2 heterocycles. The highest BCUT2D eigenvalue weighted by Gasteiger charge is 2.27. The minimum atomic E-state index is -0.0313. The number of rotatable bonds is 1. The highest BCUT2D eigenvalue weighted by Crippen LogP contribution is 2.37. The number of aromatic amines is 1. The average Bonchev–Trinajstić information content (AvgIpc) is 2.90. The number of fused-ring (bicyclic) bond motifs is 1. The zero-order valence-corrected chi connectivity index (χ0v) is 8.91. The molecule has 2 aromatic rings. The molecule has 1 aliphatic carbocycles. The van der Waals surface area contributed by atoms with Crippen molar-refractivity contribution in [2.75, 3.05) is 0 Å². The molecule has 0 atom stereocenters. The van der Waals surface area contributed by atoms with E-state index in [1.807, 2.05) is 4.57 Å². The normalized spacial score (nSPS) is 16.4. The molecule has 0 bridgehead atoms. The maximum Gasteiger partial charge on any atom is 0.326 e. The Balaban J connectivity index is 2.45. The van der Waals surface area contributed by atoms with Gasteiger partial charge in [-0.1, -0.05) is 0 Å². The van der Waals surface area contributed by atoms with E-state index in [9.17, 15) is 4.79 Å². The first-order chi connectivity index (χ1) is 6.77. The van der Waals surface area contributed by atoms with Gasteiger partial charge in [-0.3, -0.25) is 9.55 Å². The number of imidazole rings is 1. The standard InChI is InChI=1S/C9H8BrN3O/c10-6-3-11-4-7-8(6)13(5-1-2-5)9(14)12-7/h3-5H,1-2H2,(H,12,14). The van der Waals surface area contributed by atoms with E-state index in [1.54, 1.807) is 12.4 Å². The van der Waals surface area contributed by atoms with Crippen LogP contribution in [0.15, 0.2) is 21.7 Å². The fourth-order valence-electron chi connectivity index (χ4n) is 1.72. The minimum Gasteiger partial charge on any atom is -0.304 e. The summed E-state index contributed by atoms with van der Waals surface area (Å²) in [5.41, 5.74) is 1.71. The molecule has 14 heavy (non-hydrogen) atoms. The molecule has 0 spiro atoms. The molecular formula is C9H8BrN3O. The molecule has 1 aliphatic rings. The Bertz CT molecular complexity index is 553. The molecule has 1 fully saturated rings. The third kappa shape index (κ3) is 1.05.